The fraction of sp³-hybridized carbons (Fsp3) is 0.214. The van der Waals surface area contributed by atoms with Crippen LogP contribution in [0.4, 0.5) is 5.69 Å². The molecule has 0 unspecified atom stereocenters. The van der Waals surface area contributed by atoms with E-state index in [1.807, 2.05) is 12.1 Å². The van der Waals surface area contributed by atoms with E-state index in [9.17, 15) is 34.4 Å². The molecule has 39 heavy (non-hydrogen) atoms. The van der Waals surface area contributed by atoms with Crippen molar-refractivity contribution in [2.75, 3.05) is 6.54 Å². The van der Waals surface area contributed by atoms with Gasteiger partial charge in [0.05, 0.1) is 22.0 Å². The van der Waals surface area contributed by atoms with Gasteiger partial charge >= 0.3 is 5.97 Å². The number of halogens is 2. The molecule has 0 saturated heterocycles. The molecule has 0 radical (unpaired) electrons. The Hall–Kier alpha value is -4.08. The van der Waals surface area contributed by atoms with Gasteiger partial charge in [0.2, 0.25) is 0 Å². The van der Waals surface area contributed by atoms with Crippen molar-refractivity contribution in [1.82, 2.24) is 4.90 Å². The van der Waals surface area contributed by atoms with Crippen LogP contribution in [0.3, 0.4) is 0 Å². The highest BCUT2D eigenvalue weighted by atomic mass is 35.5. The highest BCUT2D eigenvalue weighted by molar-refractivity contribution is 6.34. The van der Waals surface area contributed by atoms with Gasteiger partial charge in [-0.1, -0.05) is 59.6 Å². The number of ketones is 1. The molecule has 2 aliphatic rings. The van der Waals surface area contributed by atoms with Crippen LogP contribution in [0.5, 0.6) is 0 Å². The molecule has 1 saturated carbocycles. The number of aliphatic carboxylic acids is 1. The highest BCUT2D eigenvalue weighted by Crippen LogP contribution is 2.41. The number of nitro groups is 1. The fourth-order valence-corrected chi connectivity index (χ4v) is 5.84. The number of hydrogen-bond donors (Lipinski definition) is 1. The predicted molar refractivity (Wildman–Crippen MR) is 142 cm³/mol. The zero-order valence-electron chi connectivity index (χ0n) is 20.2. The van der Waals surface area contributed by atoms with E-state index in [0.717, 1.165) is 28.2 Å². The molecule has 3 aromatic carbocycles. The predicted octanol–water partition coefficient (Wildman–Crippen LogP) is 5.77. The molecule has 1 aliphatic carbocycles. The Kier molecular flexibility index (Phi) is 6.96. The molecule has 9 nitrogen and oxygen atoms in total. The van der Waals surface area contributed by atoms with E-state index in [-0.39, 0.29) is 34.9 Å². The van der Waals surface area contributed by atoms with Gasteiger partial charge in [0.15, 0.2) is 5.78 Å². The molecular weight excluding hydrogens is 547 g/mol. The maximum Gasteiger partial charge on any atom is 0.307 e. The summed E-state index contributed by atoms with van der Waals surface area (Å²) in [6.07, 6.45) is 0.588. The first kappa shape index (κ1) is 26.5. The van der Waals surface area contributed by atoms with Gasteiger partial charge in [0, 0.05) is 29.1 Å². The zero-order chi connectivity index (χ0) is 28.0. The van der Waals surface area contributed by atoms with Gasteiger partial charge in [0.1, 0.15) is 5.02 Å². The van der Waals surface area contributed by atoms with Crippen LogP contribution in [-0.4, -0.2) is 45.0 Å². The number of nitro benzene ring substituents is 1. The van der Waals surface area contributed by atoms with Crippen LogP contribution < -0.4 is 0 Å². The van der Waals surface area contributed by atoms with Gasteiger partial charge in [-0.05, 0) is 48.1 Å². The number of nitrogens with zero attached hydrogens (tertiary/aromatic N) is 2. The molecule has 5 rings (SSSR count). The van der Waals surface area contributed by atoms with Gasteiger partial charge in [-0.3, -0.25) is 34.2 Å². The average molecular weight is 567 g/mol. The fourth-order valence-electron chi connectivity index (χ4n) is 5.48. The Morgan fingerprint density at radius 1 is 0.923 bits per heavy atom. The first-order valence-electron chi connectivity index (χ1n) is 12.0. The second-order valence-corrected chi connectivity index (χ2v) is 10.4. The number of imide groups is 1. The Balaban J connectivity index is 1.34. The lowest BCUT2D eigenvalue weighted by atomic mass is 9.84. The number of amides is 2. The molecule has 3 aromatic rings. The lowest BCUT2D eigenvalue weighted by Gasteiger charge is -2.24. The van der Waals surface area contributed by atoms with Crippen LogP contribution in [0.1, 0.15) is 43.9 Å². The van der Waals surface area contributed by atoms with Crippen molar-refractivity contribution < 1.29 is 29.2 Å². The van der Waals surface area contributed by atoms with E-state index in [1.54, 1.807) is 36.4 Å². The second-order valence-electron chi connectivity index (χ2n) is 9.58. The minimum absolute atomic E-state index is 0.0751. The van der Waals surface area contributed by atoms with E-state index in [4.69, 9.17) is 23.2 Å². The maximum absolute atomic E-state index is 13.4. The number of carboxylic acids is 1. The summed E-state index contributed by atoms with van der Waals surface area (Å²) < 4.78 is 0. The quantitative estimate of drug-likeness (QED) is 0.166. The number of carbonyl (C=O) groups is 4. The van der Waals surface area contributed by atoms with Gasteiger partial charge in [0.25, 0.3) is 17.5 Å². The van der Waals surface area contributed by atoms with Crippen LogP contribution in [0.15, 0.2) is 60.7 Å². The Morgan fingerprint density at radius 3 is 2.05 bits per heavy atom. The lowest BCUT2D eigenvalue weighted by molar-refractivity contribution is -0.384. The van der Waals surface area contributed by atoms with Crippen molar-refractivity contribution in [2.45, 2.75) is 12.8 Å². The van der Waals surface area contributed by atoms with E-state index >= 15 is 0 Å². The summed E-state index contributed by atoms with van der Waals surface area (Å²) in [5, 5.41) is 21.6. The number of fused-ring (bicyclic) bond motifs is 1. The SMILES string of the molecule is O=C(O)[C@H]1[C@H](CN2C(=O)c3cc(Cl)c([N+](=O)[O-])cc3C2=O)CC[C@@H]1C(=O)c1ccc(-c2ccc(Cl)cc2)cc1. The van der Waals surface area contributed by atoms with Crippen molar-refractivity contribution in [3.63, 3.8) is 0 Å². The number of Topliss-reactive ketones (excluding diaryl/α,β-unsaturated/α-hetero) is 1. The molecule has 1 N–H and O–H groups in total. The Bertz CT molecular complexity index is 1540. The van der Waals surface area contributed by atoms with Crippen molar-refractivity contribution in [3.8, 4) is 11.1 Å². The molecule has 0 spiro atoms. The topological polar surface area (TPSA) is 135 Å². The molecule has 11 heteroatoms. The minimum Gasteiger partial charge on any atom is -0.481 e. The number of carboxylic acid groups (broad SMARTS) is 1. The second kappa shape index (κ2) is 10.2. The normalized spacial score (nSPS) is 20.3. The number of carbonyl (C=O) groups excluding carboxylic acids is 3. The highest BCUT2D eigenvalue weighted by Gasteiger charge is 2.48. The summed E-state index contributed by atoms with van der Waals surface area (Å²) in [4.78, 5) is 63.0. The third kappa shape index (κ3) is 4.79. The number of hydrogen-bond acceptors (Lipinski definition) is 6. The van der Waals surface area contributed by atoms with E-state index in [0.29, 0.717) is 17.0 Å². The molecule has 0 aromatic heterocycles. The molecule has 3 atom stereocenters. The van der Waals surface area contributed by atoms with Crippen LogP contribution in [0, 0.1) is 27.9 Å². The summed E-state index contributed by atoms with van der Waals surface area (Å²) in [6.45, 7) is -0.228. The van der Waals surface area contributed by atoms with Crippen LogP contribution in [0.2, 0.25) is 10.0 Å². The van der Waals surface area contributed by atoms with E-state index < -0.39 is 46.1 Å². The van der Waals surface area contributed by atoms with E-state index in [2.05, 4.69) is 0 Å². The third-order valence-corrected chi connectivity index (χ3v) is 7.97. The summed E-state index contributed by atoms with van der Waals surface area (Å²) in [6, 6.07) is 16.1. The molecular formula is C28H20Cl2N2O7. The molecule has 198 valence electrons. The third-order valence-electron chi connectivity index (χ3n) is 7.41. The Morgan fingerprint density at radius 2 is 1.49 bits per heavy atom. The van der Waals surface area contributed by atoms with Crippen molar-refractivity contribution >= 4 is 52.5 Å². The van der Waals surface area contributed by atoms with Gasteiger partial charge < -0.3 is 5.11 Å². The van der Waals surface area contributed by atoms with Crippen molar-refractivity contribution in [3.05, 3.63) is 97.5 Å². The standard InChI is InChI=1S/C28H20Cl2N2O7/c29-18-8-5-15(6-9-18)14-1-3-16(4-2-14)25(33)19-10-7-17(24(19)28(36)37)13-31-26(34)20-11-22(30)23(32(38)39)12-21(20)27(31)35/h1-6,8-9,11-12,17,19,24H,7,10,13H2,(H,36,37)/t17-,19-,24-/m0/s1. The Labute approximate surface area is 232 Å². The number of rotatable bonds is 7. The summed E-state index contributed by atoms with van der Waals surface area (Å²) >= 11 is 11.9. The number of benzene rings is 3. The molecule has 2 amide bonds. The first-order valence-corrected chi connectivity index (χ1v) is 12.8. The van der Waals surface area contributed by atoms with Gasteiger partial charge in [-0.25, -0.2) is 0 Å². The van der Waals surface area contributed by atoms with Crippen molar-refractivity contribution in [2.24, 2.45) is 17.8 Å². The van der Waals surface area contributed by atoms with Gasteiger partial charge in [-0.15, -0.1) is 0 Å². The molecule has 1 fully saturated rings. The monoisotopic (exact) mass is 566 g/mol. The van der Waals surface area contributed by atoms with Gasteiger partial charge in [-0.2, -0.15) is 0 Å². The summed E-state index contributed by atoms with van der Waals surface area (Å²) in [7, 11) is 0. The first-order chi connectivity index (χ1) is 18.6. The van der Waals surface area contributed by atoms with Crippen LogP contribution in [-0.2, 0) is 4.79 Å². The summed E-state index contributed by atoms with van der Waals surface area (Å²) in [5.41, 5.74) is 1.41. The molecule has 1 aliphatic heterocycles. The largest absolute Gasteiger partial charge is 0.481 e. The summed E-state index contributed by atoms with van der Waals surface area (Å²) in [5.74, 6) is -5.59. The molecule has 1 heterocycles. The van der Waals surface area contributed by atoms with Crippen LogP contribution in [0.25, 0.3) is 11.1 Å². The minimum atomic E-state index is -1.19. The molecule has 0 bridgehead atoms. The van der Waals surface area contributed by atoms with Crippen molar-refractivity contribution in [1.29, 1.82) is 0 Å². The van der Waals surface area contributed by atoms with Crippen LogP contribution >= 0.6 is 23.2 Å². The van der Waals surface area contributed by atoms with E-state index in [1.165, 1.54) is 0 Å². The lowest BCUT2D eigenvalue weighted by Crippen LogP contribution is -2.39. The zero-order valence-corrected chi connectivity index (χ0v) is 21.7. The average Bonchev–Trinajstić information content (AvgIpc) is 3.43. The smallest absolute Gasteiger partial charge is 0.307 e. The maximum atomic E-state index is 13.4.